The van der Waals surface area contributed by atoms with Crippen molar-refractivity contribution in [2.75, 3.05) is 0 Å². The summed E-state index contributed by atoms with van der Waals surface area (Å²) in [6.07, 6.45) is 1.71. The first-order valence-electron chi connectivity index (χ1n) is 4.29. The second-order valence-electron chi connectivity index (χ2n) is 2.87. The summed E-state index contributed by atoms with van der Waals surface area (Å²) in [5.74, 6) is 1.39. The van der Waals surface area contributed by atoms with Gasteiger partial charge in [0.1, 0.15) is 5.75 Å². The topological polar surface area (TPSA) is 22.1 Å². The summed E-state index contributed by atoms with van der Waals surface area (Å²) in [5, 5.41) is 0. The van der Waals surface area contributed by atoms with Gasteiger partial charge in [-0.3, -0.25) is 0 Å². The molecule has 0 aliphatic rings. The Hall–Kier alpha value is -0.620. The molecule has 1 aromatic heterocycles. The van der Waals surface area contributed by atoms with E-state index >= 15 is 0 Å². The maximum absolute atomic E-state index is 5.55. The van der Waals surface area contributed by atoms with Crippen molar-refractivity contribution in [3.05, 3.63) is 50.6 Å². The average Bonchev–Trinajstić information content (AvgIpc) is 2.25. The average molecular weight is 376 g/mol. The van der Waals surface area contributed by atoms with Crippen molar-refractivity contribution in [3.8, 4) is 11.6 Å². The second kappa shape index (κ2) is 4.94. The standard InChI is InChI=1S/C11H7BrINO/c12-8-1-6-11(14-7-8)15-10-4-2-9(13)3-5-10/h1-7H. The third-order valence-electron chi connectivity index (χ3n) is 1.74. The Morgan fingerprint density at radius 2 is 1.80 bits per heavy atom. The van der Waals surface area contributed by atoms with Crippen LogP contribution in [0.2, 0.25) is 0 Å². The summed E-state index contributed by atoms with van der Waals surface area (Å²) in [6.45, 7) is 0. The van der Waals surface area contributed by atoms with E-state index < -0.39 is 0 Å². The van der Waals surface area contributed by atoms with Gasteiger partial charge in [0, 0.05) is 20.3 Å². The molecule has 1 heterocycles. The number of benzene rings is 1. The molecule has 4 heteroatoms. The largest absolute Gasteiger partial charge is 0.439 e. The Kier molecular flexibility index (Phi) is 3.58. The van der Waals surface area contributed by atoms with Crippen LogP contribution in [0.25, 0.3) is 0 Å². The summed E-state index contributed by atoms with van der Waals surface area (Å²) in [5.41, 5.74) is 0. The van der Waals surface area contributed by atoms with Crippen LogP contribution < -0.4 is 4.74 Å². The van der Waals surface area contributed by atoms with Gasteiger partial charge in [0.25, 0.3) is 0 Å². The molecule has 2 rings (SSSR count). The second-order valence-corrected chi connectivity index (χ2v) is 5.03. The first kappa shape index (κ1) is 10.9. The third-order valence-corrected chi connectivity index (χ3v) is 2.92. The highest BCUT2D eigenvalue weighted by Crippen LogP contribution is 2.21. The normalized spacial score (nSPS) is 10.0. The van der Waals surface area contributed by atoms with Crippen LogP contribution >= 0.6 is 38.5 Å². The summed E-state index contributed by atoms with van der Waals surface area (Å²) in [7, 11) is 0. The van der Waals surface area contributed by atoms with E-state index in [0.29, 0.717) is 5.88 Å². The minimum Gasteiger partial charge on any atom is -0.439 e. The Labute approximate surface area is 110 Å². The number of aromatic nitrogens is 1. The number of hydrogen-bond acceptors (Lipinski definition) is 2. The van der Waals surface area contributed by atoms with E-state index in [2.05, 4.69) is 43.5 Å². The first-order chi connectivity index (χ1) is 7.24. The Morgan fingerprint density at radius 3 is 2.40 bits per heavy atom. The molecule has 76 valence electrons. The molecule has 0 bridgehead atoms. The Bertz CT molecular complexity index is 398. The van der Waals surface area contributed by atoms with E-state index in [1.165, 1.54) is 3.57 Å². The smallest absolute Gasteiger partial charge is 0.219 e. The fourth-order valence-corrected chi connectivity index (χ4v) is 1.64. The van der Waals surface area contributed by atoms with Crippen molar-refractivity contribution >= 4 is 38.5 Å². The minimum absolute atomic E-state index is 0.597. The van der Waals surface area contributed by atoms with Crippen LogP contribution in [0.4, 0.5) is 0 Å². The fourth-order valence-electron chi connectivity index (χ4n) is 1.05. The Balaban J connectivity index is 2.15. The van der Waals surface area contributed by atoms with Gasteiger partial charge in [0.2, 0.25) is 5.88 Å². The van der Waals surface area contributed by atoms with E-state index in [1.54, 1.807) is 6.20 Å². The number of halogens is 2. The van der Waals surface area contributed by atoms with Gasteiger partial charge in [-0.15, -0.1) is 0 Å². The monoisotopic (exact) mass is 375 g/mol. The minimum atomic E-state index is 0.597. The molecule has 15 heavy (non-hydrogen) atoms. The first-order valence-corrected chi connectivity index (χ1v) is 6.16. The molecule has 0 N–H and O–H groups in total. The molecule has 2 nitrogen and oxygen atoms in total. The zero-order chi connectivity index (χ0) is 10.7. The molecule has 0 saturated carbocycles. The SMILES string of the molecule is Brc1ccc(Oc2ccc(I)cc2)nc1. The lowest BCUT2D eigenvalue weighted by atomic mass is 10.3. The predicted octanol–water partition coefficient (Wildman–Crippen LogP) is 4.24. The molecule has 0 radical (unpaired) electrons. The van der Waals surface area contributed by atoms with Crippen molar-refractivity contribution in [1.29, 1.82) is 0 Å². The van der Waals surface area contributed by atoms with Crippen molar-refractivity contribution in [1.82, 2.24) is 4.98 Å². The van der Waals surface area contributed by atoms with Gasteiger partial charge in [0.05, 0.1) is 0 Å². The third kappa shape index (κ3) is 3.17. The highest BCUT2D eigenvalue weighted by atomic mass is 127. The number of hydrogen-bond donors (Lipinski definition) is 0. The fraction of sp³-hybridized carbons (Fsp3) is 0. The summed E-state index contributed by atoms with van der Waals surface area (Å²) >= 11 is 5.58. The highest BCUT2D eigenvalue weighted by Gasteiger charge is 1.97. The van der Waals surface area contributed by atoms with Crippen LogP contribution in [0.1, 0.15) is 0 Å². The predicted molar refractivity (Wildman–Crippen MR) is 71.2 cm³/mol. The van der Waals surface area contributed by atoms with Gasteiger partial charge in [-0.1, -0.05) is 0 Å². The van der Waals surface area contributed by atoms with E-state index in [0.717, 1.165) is 10.2 Å². The van der Waals surface area contributed by atoms with E-state index in [4.69, 9.17) is 4.74 Å². The van der Waals surface area contributed by atoms with Gasteiger partial charge in [-0.25, -0.2) is 4.98 Å². The van der Waals surface area contributed by atoms with Crippen molar-refractivity contribution in [2.24, 2.45) is 0 Å². The van der Waals surface area contributed by atoms with Gasteiger partial charge < -0.3 is 4.74 Å². The number of pyridine rings is 1. The molecule has 0 aliphatic heterocycles. The van der Waals surface area contributed by atoms with Crippen molar-refractivity contribution in [2.45, 2.75) is 0 Å². The molecule has 1 aromatic carbocycles. The van der Waals surface area contributed by atoms with Gasteiger partial charge >= 0.3 is 0 Å². The molecule has 0 amide bonds. The number of ether oxygens (including phenoxy) is 1. The molecular formula is C11H7BrINO. The van der Waals surface area contributed by atoms with Crippen LogP contribution in [0.5, 0.6) is 11.6 Å². The van der Waals surface area contributed by atoms with Gasteiger partial charge in [-0.05, 0) is 68.9 Å². The molecule has 0 atom stereocenters. The Morgan fingerprint density at radius 1 is 1.07 bits per heavy atom. The maximum atomic E-state index is 5.55. The summed E-state index contributed by atoms with van der Waals surface area (Å²) < 4.78 is 7.68. The zero-order valence-corrected chi connectivity index (χ0v) is 11.4. The maximum Gasteiger partial charge on any atom is 0.219 e. The number of rotatable bonds is 2. The number of nitrogens with zero attached hydrogens (tertiary/aromatic N) is 1. The molecule has 0 saturated heterocycles. The molecule has 0 spiro atoms. The van der Waals surface area contributed by atoms with Crippen LogP contribution in [0.15, 0.2) is 47.1 Å². The molecule has 0 fully saturated rings. The zero-order valence-electron chi connectivity index (χ0n) is 7.65. The van der Waals surface area contributed by atoms with E-state index in [1.807, 2.05) is 36.4 Å². The summed E-state index contributed by atoms with van der Waals surface area (Å²) in [4.78, 5) is 4.13. The van der Waals surface area contributed by atoms with E-state index in [9.17, 15) is 0 Å². The molecule has 0 unspecified atom stereocenters. The summed E-state index contributed by atoms with van der Waals surface area (Å²) in [6, 6.07) is 11.6. The quantitative estimate of drug-likeness (QED) is 0.732. The molecule has 0 aliphatic carbocycles. The molecular weight excluding hydrogens is 369 g/mol. The highest BCUT2D eigenvalue weighted by molar-refractivity contribution is 14.1. The van der Waals surface area contributed by atoms with Crippen LogP contribution in [-0.4, -0.2) is 4.98 Å². The van der Waals surface area contributed by atoms with Crippen molar-refractivity contribution in [3.63, 3.8) is 0 Å². The van der Waals surface area contributed by atoms with Gasteiger partial charge in [0.15, 0.2) is 0 Å². The van der Waals surface area contributed by atoms with E-state index in [-0.39, 0.29) is 0 Å². The van der Waals surface area contributed by atoms with Crippen molar-refractivity contribution < 1.29 is 4.74 Å². The van der Waals surface area contributed by atoms with Crippen LogP contribution in [0, 0.1) is 3.57 Å². The molecule has 2 aromatic rings. The lowest BCUT2D eigenvalue weighted by molar-refractivity contribution is 0.462. The van der Waals surface area contributed by atoms with Crippen LogP contribution in [0.3, 0.4) is 0 Å². The lowest BCUT2D eigenvalue weighted by Gasteiger charge is -2.03. The van der Waals surface area contributed by atoms with Gasteiger partial charge in [-0.2, -0.15) is 0 Å². The lowest BCUT2D eigenvalue weighted by Crippen LogP contribution is -1.86. The van der Waals surface area contributed by atoms with Crippen LogP contribution in [-0.2, 0) is 0 Å².